The van der Waals surface area contributed by atoms with Gasteiger partial charge in [0.15, 0.2) is 0 Å². The third-order valence-corrected chi connectivity index (χ3v) is 2.17. The zero-order valence-corrected chi connectivity index (χ0v) is 7.84. The third-order valence-electron chi connectivity index (χ3n) is 1.96. The summed E-state index contributed by atoms with van der Waals surface area (Å²) in [5.41, 5.74) is 0.530. The van der Waals surface area contributed by atoms with Crippen LogP contribution < -0.4 is 5.56 Å². The van der Waals surface area contributed by atoms with Crippen molar-refractivity contribution in [1.29, 1.82) is 0 Å². The number of aromatic amines is 1. The molecule has 0 spiro atoms. The number of benzene rings is 1. The molecule has 0 aliphatic heterocycles. The molecule has 0 amide bonds. The number of nitrogens with one attached hydrogen (secondary N) is 1. The second-order valence-electron chi connectivity index (χ2n) is 2.87. The maximum Gasteiger partial charge on any atom is 0.253 e. The number of pyridine rings is 1. The second kappa shape index (κ2) is 3.27. The van der Waals surface area contributed by atoms with E-state index in [1.54, 1.807) is 24.3 Å². The fourth-order valence-electron chi connectivity index (χ4n) is 1.37. The standard InChI is InChI=1S/C10H6ClNO2/c11-10(14)7-5-9(13)12-8-4-2-1-3-6(7)8/h1-5H,(H,12,13). The first-order valence-electron chi connectivity index (χ1n) is 4.00. The Bertz CT molecular complexity index is 559. The number of hydrogen-bond acceptors (Lipinski definition) is 2. The molecule has 1 aromatic heterocycles. The molecule has 2 aromatic rings. The Kier molecular flexibility index (Phi) is 2.09. The molecule has 0 atom stereocenters. The molecule has 0 saturated carbocycles. The number of H-pyrrole nitrogens is 1. The Labute approximate surface area is 84.3 Å². The molecule has 0 radical (unpaired) electrons. The van der Waals surface area contributed by atoms with Crippen LogP contribution >= 0.6 is 11.6 Å². The quantitative estimate of drug-likeness (QED) is 0.727. The Hall–Kier alpha value is -1.61. The first-order valence-corrected chi connectivity index (χ1v) is 4.38. The summed E-state index contributed by atoms with van der Waals surface area (Å²) in [6.07, 6.45) is 0. The third kappa shape index (κ3) is 1.42. The van der Waals surface area contributed by atoms with E-state index in [2.05, 4.69) is 4.98 Å². The van der Waals surface area contributed by atoms with Gasteiger partial charge >= 0.3 is 0 Å². The fourth-order valence-corrected chi connectivity index (χ4v) is 1.52. The van der Waals surface area contributed by atoms with Gasteiger partial charge in [-0.1, -0.05) is 18.2 Å². The average molecular weight is 208 g/mol. The van der Waals surface area contributed by atoms with Gasteiger partial charge in [0.25, 0.3) is 5.24 Å². The molecular weight excluding hydrogens is 202 g/mol. The van der Waals surface area contributed by atoms with Crippen LogP contribution in [-0.4, -0.2) is 10.2 Å². The molecular formula is C10H6ClNO2. The van der Waals surface area contributed by atoms with E-state index in [1.807, 2.05) is 0 Å². The van der Waals surface area contributed by atoms with E-state index in [0.717, 1.165) is 0 Å². The van der Waals surface area contributed by atoms with Gasteiger partial charge in [-0.2, -0.15) is 0 Å². The van der Waals surface area contributed by atoms with E-state index in [0.29, 0.717) is 10.9 Å². The summed E-state index contributed by atoms with van der Waals surface area (Å²) in [6.45, 7) is 0. The number of carbonyl (C=O) groups is 1. The lowest BCUT2D eigenvalue weighted by Crippen LogP contribution is -2.07. The minimum Gasteiger partial charge on any atom is -0.322 e. The van der Waals surface area contributed by atoms with Gasteiger partial charge in [-0.15, -0.1) is 0 Å². The van der Waals surface area contributed by atoms with Gasteiger partial charge in [-0.3, -0.25) is 9.59 Å². The van der Waals surface area contributed by atoms with Crippen LogP contribution in [0.1, 0.15) is 10.4 Å². The van der Waals surface area contributed by atoms with Gasteiger partial charge < -0.3 is 4.98 Å². The molecule has 0 unspecified atom stereocenters. The van der Waals surface area contributed by atoms with Crippen molar-refractivity contribution in [2.75, 3.05) is 0 Å². The van der Waals surface area contributed by atoms with Crippen LogP contribution in [0, 0.1) is 0 Å². The van der Waals surface area contributed by atoms with E-state index in [-0.39, 0.29) is 11.1 Å². The van der Waals surface area contributed by atoms with Crippen molar-refractivity contribution < 1.29 is 4.79 Å². The lowest BCUT2D eigenvalue weighted by Gasteiger charge is -2.00. The van der Waals surface area contributed by atoms with Crippen LogP contribution in [0.4, 0.5) is 0 Å². The van der Waals surface area contributed by atoms with Crippen LogP contribution in [0.25, 0.3) is 10.9 Å². The number of aromatic nitrogens is 1. The van der Waals surface area contributed by atoms with E-state index in [9.17, 15) is 9.59 Å². The SMILES string of the molecule is O=C(Cl)c1cc(=O)[nH]c2ccccc12. The van der Waals surface area contributed by atoms with Crippen molar-refractivity contribution in [3.05, 3.63) is 46.2 Å². The topological polar surface area (TPSA) is 49.9 Å². The molecule has 1 aromatic carbocycles. The molecule has 3 nitrogen and oxygen atoms in total. The normalized spacial score (nSPS) is 10.4. The number of rotatable bonds is 1. The van der Waals surface area contributed by atoms with E-state index >= 15 is 0 Å². The predicted molar refractivity (Wildman–Crippen MR) is 54.8 cm³/mol. The molecule has 0 fully saturated rings. The number of fused-ring (bicyclic) bond motifs is 1. The van der Waals surface area contributed by atoms with Crippen molar-refractivity contribution in [1.82, 2.24) is 4.98 Å². The van der Waals surface area contributed by atoms with E-state index in [4.69, 9.17) is 11.6 Å². The van der Waals surface area contributed by atoms with Crippen molar-refractivity contribution in [2.24, 2.45) is 0 Å². The van der Waals surface area contributed by atoms with Gasteiger partial charge in [-0.25, -0.2) is 0 Å². The number of hydrogen-bond donors (Lipinski definition) is 1. The predicted octanol–water partition coefficient (Wildman–Crippen LogP) is 1.91. The summed E-state index contributed by atoms with van der Waals surface area (Å²) in [5, 5.41) is 0.0411. The maximum absolute atomic E-state index is 11.1. The molecule has 0 saturated heterocycles. The van der Waals surface area contributed by atoms with Gasteiger partial charge in [-0.05, 0) is 17.7 Å². The first-order chi connectivity index (χ1) is 6.68. The Morgan fingerprint density at radius 3 is 2.71 bits per heavy atom. The molecule has 2 rings (SSSR count). The molecule has 1 N–H and O–H groups in total. The van der Waals surface area contributed by atoms with Gasteiger partial charge in [0.1, 0.15) is 0 Å². The largest absolute Gasteiger partial charge is 0.322 e. The smallest absolute Gasteiger partial charge is 0.253 e. The second-order valence-corrected chi connectivity index (χ2v) is 3.21. The van der Waals surface area contributed by atoms with Crippen LogP contribution in [0.5, 0.6) is 0 Å². The van der Waals surface area contributed by atoms with E-state index in [1.165, 1.54) is 6.07 Å². The number of halogens is 1. The van der Waals surface area contributed by atoms with Crippen molar-refractivity contribution in [3.63, 3.8) is 0 Å². The number of carbonyl (C=O) groups excluding carboxylic acids is 1. The molecule has 4 heteroatoms. The highest BCUT2D eigenvalue weighted by atomic mass is 35.5. The Balaban J connectivity index is 2.94. The average Bonchev–Trinajstić information content (AvgIpc) is 2.16. The molecule has 0 aliphatic carbocycles. The molecule has 70 valence electrons. The zero-order chi connectivity index (χ0) is 10.1. The first kappa shape index (κ1) is 8.97. The van der Waals surface area contributed by atoms with Gasteiger partial charge in [0.2, 0.25) is 5.56 Å². The summed E-state index contributed by atoms with van der Waals surface area (Å²) >= 11 is 5.36. The summed E-state index contributed by atoms with van der Waals surface area (Å²) in [4.78, 5) is 24.8. The van der Waals surface area contributed by atoms with Crippen LogP contribution in [-0.2, 0) is 0 Å². The number of para-hydroxylation sites is 1. The van der Waals surface area contributed by atoms with Crippen LogP contribution in [0.2, 0.25) is 0 Å². The maximum atomic E-state index is 11.1. The monoisotopic (exact) mass is 207 g/mol. The lowest BCUT2D eigenvalue weighted by molar-refractivity contribution is 0.108. The summed E-state index contributed by atoms with van der Waals surface area (Å²) < 4.78 is 0. The molecule has 0 bridgehead atoms. The highest BCUT2D eigenvalue weighted by Crippen LogP contribution is 2.15. The summed E-state index contributed by atoms with van der Waals surface area (Å²) in [7, 11) is 0. The van der Waals surface area contributed by atoms with Crippen molar-refractivity contribution >= 4 is 27.7 Å². The van der Waals surface area contributed by atoms with Crippen LogP contribution in [0.3, 0.4) is 0 Å². The molecule has 14 heavy (non-hydrogen) atoms. The van der Waals surface area contributed by atoms with Crippen molar-refractivity contribution in [2.45, 2.75) is 0 Å². The Morgan fingerprint density at radius 2 is 2.00 bits per heavy atom. The molecule has 0 aliphatic rings. The highest BCUT2D eigenvalue weighted by Gasteiger charge is 2.07. The van der Waals surface area contributed by atoms with Crippen molar-refractivity contribution in [3.8, 4) is 0 Å². The van der Waals surface area contributed by atoms with Crippen LogP contribution in [0.15, 0.2) is 35.1 Å². The molecule has 1 heterocycles. The minimum atomic E-state index is -0.618. The zero-order valence-electron chi connectivity index (χ0n) is 7.08. The highest BCUT2D eigenvalue weighted by molar-refractivity contribution is 6.68. The minimum absolute atomic E-state index is 0.242. The van der Waals surface area contributed by atoms with E-state index < -0.39 is 5.24 Å². The fraction of sp³-hybridized carbons (Fsp3) is 0. The summed E-state index contributed by atoms with van der Waals surface area (Å²) in [6, 6.07) is 8.23. The Morgan fingerprint density at radius 1 is 1.29 bits per heavy atom. The van der Waals surface area contributed by atoms with Gasteiger partial charge in [0.05, 0.1) is 0 Å². The van der Waals surface area contributed by atoms with Gasteiger partial charge in [0, 0.05) is 22.5 Å². The summed E-state index contributed by atoms with van der Waals surface area (Å²) in [5.74, 6) is 0. The lowest BCUT2D eigenvalue weighted by atomic mass is 10.1.